The number of Topliss-reactive ketones (excluding diaryl/α,β-unsaturated/α-hetero) is 1. The van der Waals surface area contributed by atoms with Gasteiger partial charge in [0.25, 0.3) is 0 Å². The summed E-state index contributed by atoms with van der Waals surface area (Å²) >= 11 is 0. The topological polar surface area (TPSA) is 60.4 Å². The van der Waals surface area contributed by atoms with Gasteiger partial charge in [0.15, 0.2) is 9.84 Å². The van der Waals surface area contributed by atoms with E-state index in [0.717, 1.165) is 6.42 Å². The molecular weight excluding hydrogens is 216 g/mol. The van der Waals surface area contributed by atoms with Crippen molar-refractivity contribution in [2.75, 3.05) is 24.7 Å². The SMILES string of the molecule is O=C(CC1CCS(=O)(=O)C1)C1CCOC1. The second-order valence-corrected chi connectivity index (χ2v) is 6.73. The van der Waals surface area contributed by atoms with E-state index in [2.05, 4.69) is 0 Å². The number of hydrogen-bond acceptors (Lipinski definition) is 4. The molecule has 2 rings (SSSR count). The molecule has 0 bridgehead atoms. The summed E-state index contributed by atoms with van der Waals surface area (Å²) in [7, 11) is -2.85. The Morgan fingerprint density at radius 2 is 2.13 bits per heavy atom. The van der Waals surface area contributed by atoms with E-state index >= 15 is 0 Å². The molecule has 5 heteroatoms. The fourth-order valence-corrected chi connectivity index (χ4v) is 4.13. The average molecular weight is 232 g/mol. The number of carbonyl (C=O) groups is 1. The zero-order chi connectivity index (χ0) is 10.9. The summed E-state index contributed by atoms with van der Waals surface area (Å²) in [6.07, 6.45) is 1.88. The first-order valence-electron chi connectivity index (χ1n) is 5.38. The molecule has 2 fully saturated rings. The van der Waals surface area contributed by atoms with E-state index in [0.29, 0.717) is 26.1 Å². The molecule has 0 aromatic heterocycles. The van der Waals surface area contributed by atoms with Crippen molar-refractivity contribution in [1.29, 1.82) is 0 Å². The second kappa shape index (κ2) is 4.22. The molecule has 0 N–H and O–H groups in total. The van der Waals surface area contributed by atoms with Gasteiger partial charge in [-0.1, -0.05) is 0 Å². The maximum atomic E-state index is 11.7. The first-order valence-corrected chi connectivity index (χ1v) is 7.20. The minimum Gasteiger partial charge on any atom is -0.381 e. The Labute approximate surface area is 89.9 Å². The monoisotopic (exact) mass is 232 g/mol. The molecule has 2 unspecified atom stereocenters. The Balaban J connectivity index is 1.85. The molecule has 2 saturated heterocycles. The Kier molecular flexibility index (Phi) is 3.11. The molecule has 0 radical (unpaired) electrons. The molecule has 0 amide bonds. The lowest BCUT2D eigenvalue weighted by molar-refractivity contribution is -0.123. The summed E-state index contributed by atoms with van der Waals surface area (Å²) in [6.45, 7) is 1.19. The average Bonchev–Trinajstić information content (AvgIpc) is 2.74. The van der Waals surface area contributed by atoms with E-state index in [1.807, 2.05) is 0 Å². The lowest BCUT2D eigenvalue weighted by Crippen LogP contribution is -2.18. The van der Waals surface area contributed by atoms with Crippen LogP contribution in [0.3, 0.4) is 0 Å². The number of sulfone groups is 1. The highest BCUT2D eigenvalue weighted by Crippen LogP contribution is 2.25. The van der Waals surface area contributed by atoms with Crippen LogP contribution in [-0.2, 0) is 19.4 Å². The predicted octanol–water partition coefficient (Wildman–Crippen LogP) is 0.417. The molecule has 4 nitrogen and oxygen atoms in total. The third-order valence-corrected chi connectivity index (χ3v) is 5.04. The number of ketones is 1. The first-order chi connectivity index (χ1) is 7.07. The van der Waals surface area contributed by atoms with E-state index < -0.39 is 9.84 Å². The highest BCUT2D eigenvalue weighted by molar-refractivity contribution is 7.91. The Morgan fingerprint density at radius 3 is 2.67 bits per heavy atom. The highest BCUT2D eigenvalue weighted by atomic mass is 32.2. The van der Waals surface area contributed by atoms with Crippen LogP contribution >= 0.6 is 0 Å². The molecule has 0 spiro atoms. The van der Waals surface area contributed by atoms with Crippen LogP contribution in [0.2, 0.25) is 0 Å². The zero-order valence-electron chi connectivity index (χ0n) is 8.65. The minimum atomic E-state index is -2.85. The number of rotatable bonds is 3. The van der Waals surface area contributed by atoms with Crippen molar-refractivity contribution < 1.29 is 17.9 Å². The minimum absolute atomic E-state index is 0.0216. The Bertz CT molecular complexity index is 340. The zero-order valence-corrected chi connectivity index (χ0v) is 9.46. The third kappa shape index (κ3) is 2.78. The highest BCUT2D eigenvalue weighted by Gasteiger charge is 2.32. The van der Waals surface area contributed by atoms with Crippen LogP contribution in [0.5, 0.6) is 0 Å². The van der Waals surface area contributed by atoms with Gasteiger partial charge in [0.1, 0.15) is 5.78 Å². The van der Waals surface area contributed by atoms with Gasteiger partial charge in [0.2, 0.25) is 0 Å². The van der Waals surface area contributed by atoms with Gasteiger partial charge < -0.3 is 4.74 Å². The van der Waals surface area contributed by atoms with Crippen molar-refractivity contribution >= 4 is 15.6 Å². The number of ether oxygens (including phenoxy) is 1. The maximum absolute atomic E-state index is 11.7. The molecular formula is C10H16O4S. The van der Waals surface area contributed by atoms with Gasteiger partial charge in [-0.15, -0.1) is 0 Å². The summed E-state index contributed by atoms with van der Waals surface area (Å²) in [5.41, 5.74) is 0. The molecule has 0 saturated carbocycles. The maximum Gasteiger partial charge on any atom is 0.150 e. The molecule has 86 valence electrons. The first kappa shape index (κ1) is 11.1. The molecule has 2 heterocycles. The largest absolute Gasteiger partial charge is 0.381 e. The smallest absolute Gasteiger partial charge is 0.150 e. The van der Waals surface area contributed by atoms with Crippen LogP contribution in [0.4, 0.5) is 0 Å². The van der Waals surface area contributed by atoms with Crippen LogP contribution in [0.25, 0.3) is 0 Å². The summed E-state index contributed by atoms with van der Waals surface area (Å²) in [5, 5.41) is 0. The van der Waals surface area contributed by atoms with E-state index in [1.54, 1.807) is 0 Å². The summed E-state index contributed by atoms with van der Waals surface area (Å²) in [6, 6.07) is 0. The van der Waals surface area contributed by atoms with Crippen molar-refractivity contribution in [3.8, 4) is 0 Å². The summed E-state index contributed by atoms with van der Waals surface area (Å²) in [4.78, 5) is 11.7. The van der Waals surface area contributed by atoms with Gasteiger partial charge in [0.05, 0.1) is 18.1 Å². The summed E-state index contributed by atoms with van der Waals surface area (Å²) in [5.74, 6) is 0.726. The van der Waals surface area contributed by atoms with Gasteiger partial charge in [-0.3, -0.25) is 4.79 Å². The van der Waals surface area contributed by atoms with Crippen molar-refractivity contribution in [2.24, 2.45) is 11.8 Å². The van der Waals surface area contributed by atoms with Crippen molar-refractivity contribution in [3.05, 3.63) is 0 Å². The standard InChI is InChI=1S/C10H16O4S/c11-10(9-1-3-14-6-9)5-8-2-4-15(12,13)7-8/h8-9H,1-7H2. The van der Waals surface area contributed by atoms with Crippen molar-refractivity contribution in [1.82, 2.24) is 0 Å². The van der Waals surface area contributed by atoms with E-state index in [1.165, 1.54) is 0 Å². The van der Waals surface area contributed by atoms with Crippen LogP contribution in [0.15, 0.2) is 0 Å². The molecule has 0 aromatic rings. The van der Waals surface area contributed by atoms with Crippen molar-refractivity contribution in [3.63, 3.8) is 0 Å². The molecule has 0 aromatic carbocycles. The lowest BCUT2D eigenvalue weighted by atomic mass is 9.93. The fraction of sp³-hybridized carbons (Fsp3) is 0.900. The van der Waals surface area contributed by atoms with E-state index in [4.69, 9.17) is 4.74 Å². The number of carbonyl (C=O) groups excluding carboxylic acids is 1. The quantitative estimate of drug-likeness (QED) is 0.707. The lowest BCUT2D eigenvalue weighted by Gasteiger charge is -2.09. The van der Waals surface area contributed by atoms with Gasteiger partial charge in [-0.2, -0.15) is 0 Å². The fourth-order valence-electron chi connectivity index (χ4n) is 2.27. The van der Waals surface area contributed by atoms with Gasteiger partial charge in [-0.05, 0) is 18.8 Å². The third-order valence-electron chi connectivity index (χ3n) is 3.20. The Morgan fingerprint density at radius 1 is 1.33 bits per heavy atom. The van der Waals surface area contributed by atoms with Crippen LogP contribution in [0, 0.1) is 11.8 Å². The van der Waals surface area contributed by atoms with Gasteiger partial charge in [-0.25, -0.2) is 8.42 Å². The van der Waals surface area contributed by atoms with Crippen LogP contribution in [0.1, 0.15) is 19.3 Å². The Hall–Kier alpha value is -0.420. The van der Waals surface area contributed by atoms with Gasteiger partial charge >= 0.3 is 0 Å². The molecule has 2 atom stereocenters. The predicted molar refractivity (Wildman–Crippen MR) is 55.3 cm³/mol. The van der Waals surface area contributed by atoms with Gasteiger partial charge in [0, 0.05) is 18.9 Å². The molecule has 15 heavy (non-hydrogen) atoms. The molecule has 2 aliphatic rings. The van der Waals surface area contributed by atoms with Crippen LogP contribution in [-0.4, -0.2) is 38.9 Å². The second-order valence-electron chi connectivity index (χ2n) is 4.50. The van der Waals surface area contributed by atoms with Crippen LogP contribution < -0.4 is 0 Å². The summed E-state index contributed by atoms with van der Waals surface area (Å²) < 4.78 is 27.6. The number of hydrogen-bond donors (Lipinski definition) is 0. The normalized spacial score (nSPS) is 34.4. The van der Waals surface area contributed by atoms with Crippen molar-refractivity contribution in [2.45, 2.75) is 19.3 Å². The van der Waals surface area contributed by atoms with E-state index in [9.17, 15) is 13.2 Å². The van der Waals surface area contributed by atoms with E-state index in [-0.39, 0.29) is 29.1 Å². The molecule has 0 aliphatic carbocycles. The molecule has 2 aliphatic heterocycles.